The van der Waals surface area contributed by atoms with Gasteiger partial charge in [-0.25, -0.2) is 4.98 Å². The molecule has 0 unspecified atom stereocenters. The van der Waals surface area contributed by atoms with Crippen molar-refractivity contribution in [2.24, 2.45) is 5.41 Å². The van der Waals surface area contributed by atoms with Crippen LogP contribution in [0.5, 0.6) is 0 Å². The molecule has 0 amide bonds. The third kappa shape index (κ3) is 3.17. The number of hydrogen-bond donors (Lipinski definition) is 1. The molecule has 1 aromatic heterocycles. The van der Waals surface area contributed by atoms with Crippen molar-refractivity contribution in [1.29, 1.82) is 0 Å². The second-order valence-electron chi connectivity index (χ2n) is 7.09. The van der Waals surface area contributed by atoms with Crippen LogP contribution in [0.25, 0.3) is 0 Å². The highest BCUT2D eigenvalue weighted by Crippen LogP contribution is 2.45. The minimum absolute atomic E-state index is 0.450. The van der Waals surface area contributed by atoms with E-state index in [0.29, 0.717) is 5.41 Å². The largest absolute Gasteiger partial charge is 0.348 e. The third-order valence-corrected chi connectivity index (χ3v) is 5.47. The highest BCUT2D eigenvalue weighted by atomic mass is 32.1. The lowest BCUT2D eigenvalue weighted by molar-refractivity contribution is 0.418. The molecular weight excluding hydrogens is 266 g/mol. The van der Waals surface area contributed by atoms with E-state index in [4.69, 9.17) is 4.98 Å². The summed E-state index contributed by atoms with van der Waals surface area (Å²) >= 11 is 1.93. The van der Waals surface area contributed by atoms with Crippen molar-refractivity contribution in [2.45, 2.75) is 58.9 Å². The summed E-state index contributed by atoms with van der Waals surface area (Å²) in [6.07, 6.45) is 5.17. The molecule has 1 saturated heterocycles. The molecule has 3 nitrogen and oxygen atoms in total. The van der Waals surface area contributed by atoms with Gasteiger partial charge in [0.15, 0.2) is 5.13 Å². The molecule has 2 aliphatic rings. The van der Waals surface area contributed by atoms with E-state index >= 15 is 0 Å². The maximum atomic E-state index is 5.00. The number of nitrogens with zero attached hydrogens (tertiary/aromatic N) is 2. The Morgan fingerprint density at radius 1 is 1.40 bits per heavy atom. The molecule has 3 rings (SSSR count). The molecule has 0 atom stereocenters. The molecular formula is C16H27N3S. The molecule has 2 heterocycles. The highest BCUT2D eigenvalue weighted by molar-refractivity contribution is 7.15. The molecule has 0 radical (unpaired) electrons. The van der Waals surface area contributed by atoms with Gasteiger partial charge in [0.2, 0.25) is 0 Å². The monoisotopic (exact) mass is 293 g/mol. The lowest BCUT2D eigenvalue weighted by Gasteiger charge is -2.18. The van der Waals surface area contributed by atoms with Crippen LogP contribution in [-0.4, -0.2) is 24.6 Å². The zero-order valence-corrected chi connectivity index (χ0v) is 13.9. The lowest BCUT2D eigenvalue weighted by atomic mass is 9.93. The van der Waals surface area contributed by atoms with Gasteiger partial charge in [-0.15, -0.1) is 11.3 Å². The first-order chi connectivity index (χ1) is 9.59. The fourth-order valence-corrected chi connectivity index (χ4v) is 4.08. The summed E-state index contributed by atoms with van der Waals surface area (Å²) in [5.74, 6) is 0.758. The van der Waals surface area contributed by atoms with E-state index in [9.17, 15) is 0 Å². The maximum Gasteiger partial charge on any atom is 0.185 e. The molecule has 0 bridgehead atoms. The van der Waals surface area contributed by atoms with E-state index in [1.807, 2.05) is 11.3 Å². The Balaban J connectivity index is 1.73. The zero-order valence-electron chi connectivity index (χ0n) is 13.0. The number of thiazole rings is 1. The quantitative estimate of drug-likeness (QED) is 0.810. The first kappa shape index (κ1) is 14.3. The first-order valence-electron chi connectivity index (χ1n) is 8.04. The van der Waals surface area contributed by atoms with Crippen molar-refractivity contribution in [3.8, 4) is 0 Å². The van der Waals surface area contributed by atoms with Gasteiger partial charge in [-0.3, -0.25) is 0 Å². The topological polar surface area (TPSA) is 28.2 Å². The Kier molecular flexibility index (Phi) is 4.04. The van der Waals surface area contributed by atoms with Crippen molar-refractivity contribution < 1.29 is 0 Å². The Hall–Kier alpha value is -0.610. The second-order valence-corrected chi connectivity index (χ2v) is 8.15. The van der Waals surface area contributed by atoms with E-state index in [-0.39, 0.29) is 0 Å². The third-order valence-electron chi connectivity index (χ3n) is 4.34. The van der Waals surface area contributed by atoms with E-state index in [1.165, 1.54) is 47.9 Å². The van der Waals surface area contributed by atoms with Crippen LogP contribution in [0.2, 0.25) is 0 Å². The lowest BCUT2D eigenvalue weighted by Crippen LogP contribution is -2.22. The number of aromatic nitrogens is 1. The molecule has 0 aromatic carbocycles. The molecule has 1 N–H and O–H groups in total. The van der Waals surface area contributed by atoms with Crippen LogP contribution in [0.4, 0.5) is 5.13 Å². The van der Waals surface area contributed by atoms with Gasteiger partial charge < -0.3 is 10.2 Å². The van der Waals surface area contributed by atoms with Crippen LogP contribution in [0, 0.1) is 5.41 Å². The number of hydrogen-bond acceptors (Lipinski definition) is 4. The Morgan fingerprint density at radius 3 is 2.80 bits per heavy atom. The molecule has 1 saturated carbocycles. The summed E-state index contributed by atoms with van der Waals surface area (Å²) in [4.78, 5) is 8.99. The maximum absolute atomic E-state index is 5.00. The number of anilines is 1. The highest BCUT2D eigenvalue weighted by Gasteiger charge is 2.34. The van der Waals surface area contributed by atoms with E-state index in [2.05, 4.69) is 31.0 Å². The van der Waals surface area contributed by atoms with Crippen LogP contribution in [0.1, 0.15) is 62.9 Å². The van der Waals surface area contributed by atoms with E-state index in [1.54, 1.807) is 0 Å². The fraction of sp³-hybridized carbons (Fsp3) is 0.812. The van der Waals surface area contributed by atoms with Crippen LogP contribution in [0.3, 0.4) is 0 Å². The van der Waals surface area contributed by atoms with Crippen LogP contribution in [-0.2, 0) is 6.54 Å². The van der Waals surface area contributed by atoms with Crippen molar-refractivity contribution in [1.82, 2.24) is 10.3 Å². The molecule has 1 aromatic rings. The van der Waals surface area contributed by atoms with Crippen molar-refractivity contribution >= 4 is 16.5 Å². The van der Waals surface area contributed by atoms with E-state index < -0.39 is 0 Å². The van der Waals surface area contributed by atoms with Crippen molar-refractivity contribution in [2.75, 3.05) is 24.5 Å². The molecule has 1 aliphatic carbocycles. The summed E-state index contributed by atoms with van der Waals surface area (Å²) < 4.78 is 0. The van der Waals surface area contributed by atoms with Crippen LogP contribution < -0.4 is 10.2 Å². The van der Waals surface area contributed by atoms with Gasteiger partial charge in [0.05, 0.1) is 5.69 Å². The van der Waals surface area contributed by atoms with E-state index in [0.717, 1.165) is 25.6 Å². The van der Waals surface area contributed by atoms with Gasteiger partial charge in [-0.1, -0.05) is 20.8 Å². The number of rotatable bonds is 6. The van der Waals surface area contributed by atoms with Gasteiger partial charge in [-0.2, -0.15) is 0 Å². The van der Waals surface area contributed by atoms with Crippen molar-refractivity contribution in [3.05, 3.63) is 10.6 Å². The van der Waals surface area contributed by atoms with Gasteiger partial charge in [-0.05, 0) is 37.6 Å². The molecule has 112 valence electrons. The predicted molar refractivity (Wildman–Crippen MR) is 86.7 cm³/mol. The summed E-state index contributed by atoms with van der Waals surface area (Å²) in [6.45, 7) is 11.4. The van der Waals surface area contributed by atoms with Crippen molar-refractivity contribution in [3.63, 3.8) is 0 Å². The average Bonchev–Trinajstić information content (AvgIpc) is 3.06. The summed E-state index contributed by atoms with van der Waals surface area (Å²) in [5.41, 5.74) is 1.85. The second kappa shape index (κ2) is 5.64. The summed E-state index contributed by atoms with van der Waals surface area (Å²) in [5, 5.41) is 4.82. The minimum atomic E-state index is 0.450. The summed E-state index contributed by atoms with van der Waals surface area (Å²) in [7, 11) is 0. The zero-order chi connectivity index (χ0) is 14.2. The number of nitrogens with one attached hydrogen (secondary N) is 1. The molecule has 0 spiro atoms. The standard InChI is InChI=1S/C16H27N3S/c1-4-8-17-10-13-14(12-5-6-12)18-15(20-13)19-9-7-16(2,3)11-19/h12,17H,4-11H2,1-3H3. The van der Waals surface area contributed by atoms with Gasteiger partial charge >= 0.3 is 0 Å². The Bertz CT molecular complexity index is 462. The summed E-state index contributed by atoms with van der Waals surface area (Å²) in [6, 6.07) is 0. The van der Waals surface area contributed by atoms with Gasteiger partial charge in [0, 0.05) is 30.4 Å². The normalized spacial score (nSPS) is 21.6. The van der Waals surface area contributed by atoms with Crippen LogP contribution in [0.15, 0.2) is 0 Å². The minimum Gasteiger partial charge on any atom is -0.348 e. The predicted octanol–water partition coefficient (Wildman–Crippen LogP) is 3.76. The Morgan fingerprint density at radius 2 is 2.20 bits per heavy atom. The smallest absolute Gasteiger partial charge is 0.185 e. The van der Waals surface area contributed by atoms with Crippen LogP contribution >= 0.6 is 11.3 Å². The molecule has 2 fully saturated rings. The SMILES string of the molecule is CCCNCc1sc(N2CCC(C)(C)C2)nc1C1CC1. The van der Waals surface area contributed by atoms with Gasteiger partial charge in [0.1, 0.15) is 0 Å². The fourth-order valence-electron chi connectivity index (χ4n) is 2.94. The average molecular weight is 293 g/mol. The first-order valence-corrected chi connectivity index (χ1v) is 8.86. The molecule has 1 aliphatic heterocycles. The molecule has 20 heavy (non-hydrogen) atoms. The van der Waals surface area contributed by atoms with Gasteiger partial charge in [0.25, 0.3) is 0 Å². The molecule has 4 heteroatoms. The Labute approximate surface area is 126 Å².